The van der Waals surface area contributed by atoms with Gasteiger partial charge in [0.05, 0.1) is 16.7 Å². The second-order valence-corrected chi connectivity index (χ2v) is 11.7. The summed E-state index contributed by atoms with van der Waals surface area (Å²) in [7, 11) is 0. The molecule has 0 unspecified atom stereocenters. The molecule has 0 radical (unpaired) electrons. The number of hydrogen-bond donors (Lipinski definition) is 0. The van der Waals surface area contributed by atoms with Crippen LogP contribution in [-0.2, 0) is 0 Å². The molecule has 1 nitrogen and oxygen atoms in total. The second kappa shape index (κ2) is 10.4. The number of fused-ring (bicyclic) bond motifs is 5. The molecule has 45 heavy (non-hydrogen) atoms. The van der Waals surface area contributed by atoms with Crippen LogP contribution in [0.1, 0.15) is 0 Å². The third-order valence-electron chi connectivity index (χ3n) is 9.18. The minimum atomic E-state index is 1.18. The maximum atomic E-state index is 2.44. The zero-order chi connectivity index (χ0) is 29.7. The predicted molar refractivity (Wildman–Crippen MR) is 192 cm³/mol. The molecule has 8 aromatic carbocycles. The van der Waals surface area contributed by atoms with Gasteiger partial charge in [-0.25, -0.2) is 0 Å². The Labute approximate surface area is 262 Å². The highest BCUT2D eigenvalue weighted by Gasteiger charge is 2.20. The van der Waals surface area contributed by atoms with Gasteiger partial charge in [-0.1, -0.05) is 152 Å². The average Bonchev–Trinajstić information content (AvgIpc) is 3.45. The van der Waals surface area contributed by atoms with Gasteiger partial charge in [-0.2, -0.15) is 0 Å². The zero-order valence-corrected chi connectivity index (χ0v) is 24.7. The van der Waals surface area contributed by atoms with Crippen LogP contribution < -0.4 is 0 Å². The molecule has 0 fully saturated rings. The highest BCUT2D eigenvalue weighted by Crippen LogP contribution is 2.45. The van der Waals surface area contributed by atoms with Crippen LogP contribution in [-0.4, -0.2) is 4.57 Å². The number of aromatic nitrogens is 1. The van der Waals surface area contributed by atoms with Gasteiger partial charge >= 0.3 is 0 Å². The summed E-state index contributed by atoms with van der Waals surface area (Å²) in [4.78, 5) is 0. The summed E-state index contributed by atoms with van der Waals surface area (Å²) in [5, 5.41) is 7.60. The first-order valence-corrected chi connectivity index (χ1v) is 15.5. The molecule has 0 aliphatic heterocycles. The van der Waals surface area contributed by atoms with Crippen molar-refractivity contribution >= 4 is 43.4 Å². The van der Waals surface area contributed by atoms with Crippen molar-refractivity contribution in [2.45, 2.75) is 0 Å². The summed E-state index contributed by atoms with van der Waals surface area (Å²) in [6.07, 6.45) is 0. The Morgan fingerprint density at radius 3 is 1.20 bits per heavy atom. The van der Waals surface area contributed by atoms with Crippen molar-refractivity contribution in [2.24, 2.45) is 0 Å². The Balaban J connectivity index is 1.38. The lowest BCUT2D eigenvalue weighted by Gasteiger charge is -2.20. The van der Waals surface area contributed by atoms with Crippen molar-refractivity contribution in [3.63, 3.8) is 0 Å². The molecule has 9 rings (SSSR count). The van der Waals surface area contributed by atoms with Crippen molar-refractivity contribution < 1.29 is 0 Å². The average molecular weight is 572 g/mol. The van der Waals surface area contributed by atoms with Crippen molar-refractivity contribution in [3.05, 3.63) is 176 Å². The van der Waals surface area contributed by atoms with Gasteiger partial charge < -0.3 is 4.57 Å². The van der Waals surface area contributed by atoms with E-state index < -0.39 is 0 Å². The summed E-state index contributed by atoms with van der Waals surface area (Å²) < 4.78 is 2.44. The van der Waals surface area contributed by atoms with Crippen LogP contribution in [0.25, 0.3) is 82.4 Å². The lowest BCUT2D eigenvalue weighted by atomic mass is 9.85. The normalized spacial score (nSPS) is 11.6. The molecule has 1 aromatic heterocycles. The summed E-state index contributed by atoms with van der Waals surface area (Å²) in [6, 6.07) is 63.9. The number of nitrogens with zero attached hydrogens (tertiary/aromatic N) is 1. The monoisotopic (exact) mass is 571 g/mol. The fraction of sp³-hybridized carbons (Fsp3) is 0. The molecule has 0 aliphatic rings. The number of benzene rings is 8. The predicted octanol–water partition coefficient (Wildman–Crippen LogP) is 12.1. The molecule has 1 heterocycles. The number of rotatable bonds is 4. The second-order valence-electron chi connectivity index (χ2n) is 11.7. The molecule has 210 valence electrons. The molecular weight excluding hydrogens is 542 g/mol. The van der Waals surface area contributed by atoms with E-state index in [0.717, 1.165) is 0 Å². The van der Waals surface area contributed by atoms with E-state index in [9.17, 15) is 0 Å². The lowest BCUT2D eigenvalue weighted by Crippen LogP contribution is -1.98. The van der Waals surface area contributed by atoms with E-state index in [1.54, 1.807) is 0 Å². The standard InChI is InChI=1S/C44H29N/c1-3-15-30(16-4-1)39-29-32(27-28-42(39)45-40-25-13-11-19-33(40)34-20-12-14-26-41(34)45)44-37-23-9-7-21-35(37)43(31-17-5-2-6-18-31)36-22-8-10-24-38(36)44/h1-29H. The van der Waals surface area contributed by atoms with E-state index in [1.165, 1.54) is 82.4 Å². The van der Waals surface area contributed by atoms with Crippen LogP contribution >= 0.6 is 0 Å². The molecule has 0 aliphatic carbocycles. The SMILES string of the molecule is c1ccc(-c2cc(-c3c4ccccc4c(-c4ccccc4)c4ccccc34)ccc2-n2c3ccccc3c3ccccc32)cc1. The van der Waals surface area contributed by atoms with E-state index >= 15 is 0 Å². The quantitative estimate of drug-likeness (QED) is 0.185. The molecular formula is C44H29N. The van der Waals surface area contributed by atoms with Gasteiger partial charge in [0.1, 0.15) is 0 Å². The van der Waals surface area contributed by atoms with Crippen molar-refractivity contribution in [1.82, 2.24) is 4.57 Å². The smallest absolute Gasteiger partial charge is 0.0541 e. The molecule has 0 saturated heterocycles. The molecule has 0 saturated carbocycles. The first-order valence-electron chi connectivity index (χ1n) is 15.5. The van der Waals surface area contributed by atoms with Gasteiger partial charge in [0, 0.05) is 16.3 Å². The van der Waals surface area contributed by atoms with Crippen LogP contribution in [0.15, 0.2) is 176 Å². The lowest BCUT2D eigenvalue weighted by molar-refractivity contribution is 1.18. The van der Waals surface area contributed by atoms with E-state index in [4.69, 9.17) is 0 Å². The molecule has 9 aromatic rings. The molecule has 0 N–H and O–H groups in total. The Morgan fingerprint density at radius 1 is 0.289 bits per heavy atom. The zero-order valence-electron chi connectivity index (χ0n) is 24.7. The van der Waals surface area contributed by atoms with E-state index in [0.29, 0.717) is 0 Å². The number of hydrogen-bond acceptors (Lipinski definition) is 0. The Morgan fingerprint density at radius 2 is 0.689 bits per heavy atom. The third kappa shape index (κ3) is 4.02. The Hall–Kier alpha value is -5.92. The van der Waals surface area contributed by atoms with Crippen LogP contribution in [0.3, 0.4) is 0 Å². The highest BCUT2D eigenvalue weighted by molar-refractivity contribution is 6.21. The van der Waals surface area contributed by atoms with Gasteiger partial charge in [-0.05, 0) is 73.6 Å². The van der Waals surface area contributed by atoms with Crippen LogP contribution in [0, 0.1) is 0 Å². The maximum Gasteiger partial charge on any atom is 0.0541 e. The molecule has 0 amide bonds. The van der Waals surface area contributed by atoms with Gasteiger partial charge in [0.15, 0.2) is 0 Å². The third-order valence-corrected chi connectivity index (χ3v) is 9.18. The van der Waals surface area contributed by atoms with Crippen molar-refractivity contribution in [1.29, 1.82) is 0 Å². The largest absolute Gasteiger partial charge is 0.309 e. The van der Waals surface area contributed by atoms with Gasteiger partial charge in [0.25, 0.3) is 0 Å². The first-order chi connectivity index (χ1) is 22.4. The van der Waals surface area contributed by atoms with Crippen LogP contribution in [0.2, 0.25) is 0 Å². The number of para-hydroxylation sites is 2. The molecule has 1 heteroatoms. The van der Waals surface area contributed by atoms with E-state index in [-0.39, 0.29) is 0 Å². The van der Waals surface area contributed by atoms with E-state index in [2.05, 4.69) is 180 Å². The van der Waals surface area contributed by atoms with Gasteiger partial charge in [-0.15, -0.1) is 0 Å². The Bertz CT molecular complexity index is 2410. The topological polar surface area (TPSA) is 4.93 Å². The summed E-state index contributed by atoms with van der Waals surface area (Å²) in [5.41, 5.74) is 11.0. The molecule has 0 atom stereocenters. The van der Waals surface area contributed by atoms with Crippen molar-refractivity contribution in [2.75, 3.05) is 0 Å². The summed E-state index contributed by atoms with van der Waals surface area (Å²) in [5.74, 6) is 0. The highest BCUT2D eigenvalue weighted by atomic mass is 15.0. The fourth-order valence-electron chi connectivity index (χ4n) is 7.27. The minimum Gasteiger partial charge on any atom is -0.309 e. The summed E-state index contributed by atoms with van der Waals surface area (Å²) >= 11 is 0. The molecule has 0 spiro atoms. The first kappa shape index (κ1) is 25.6. The molecule has 0 bridgehead atoms. The van der Waals surface area contributed by atoms with Crippen LogP contribution in [0.5, 0.6) is 0 Å². The minimum absolute atomic E-state index is 1.18. The Kier molecular flexibility index (Phi) is 5.89. The van der Waals surface area contributed by atoms with Crippen molar-refractivity contribution in [3.8, 4) is 39.1 Å². The van der Waals surface area contributed by atoms with E-state index in [1.807, 2.05) is 0 Å². The van der Waals surface area contributed by atoms with Gasteiger partial charge in [0.2, 0.25) is 0 Å². The van der Waals surface area contributed by atoms with Gasteiger partial charge in [-0.3, -0.25) is 0 Å². The summed E-state index contributed by atoms with van der Waals surface area (Å²) in [6.45, 7) is 0. The fourth-order valence-corrected chi connectivity index (χ4v) is 7.27. The van der Waals surface area contributed by atoms with Crippen LogP contribution in [0.4, 0.5) is 0 Å². The maximum absolute atomic E-state index is 2.44.